The van der Waals surface area contributed by atoms with Crippen LogP contribution >= 0.6 is 0 Å². The Labute approximate surface area is 115 Å². The second-order valence-electron chi connectivity index (χ2n) is 6.22. The van der Waals surface area contributed by atoms with Crippen LogP contribution in [0.3, 0.4) is 0 Å². The number of rotatable bonds is 3. The fourth-order valence-electron chi connectivity index (χ4n) is 3.10. The van der Waals surface area contributed by atoms with Crippen LogP contribution < -0.4 is 0 Å². The Kier molecular flexibility index (Phi) is 3.96. The number of hydrogen-bond donors (Lipinski definition) is 1. The van der Waals surface area contributed by atoms with Gasteiger partial charge >= 0.3 is 0 Å². The second-order valence-corrected chi connectivity index (χ2v) is 6.22. The lowest BCUT2D eigenvalue weighted by molar-refractivity contribution is 0.0218. The lowest BCUT2D eigenvalue weighted by Crippen LogP contribution is -2.32. The molecule has 0 saturated heterocycles. The molecule has 0 bridgehead atoms. The second kappa shape index (κ2) is 5.34. The van der Waals surface area contributed by atoms with E-state index in [1.54, 1.807) is 6.20 Å². The maximum absolute atomic E-state index is 10.6. The first kappa shape index (κ1) is 14.1. The van der Waals surface area contributed by atoms with Crippen molar-refractivity contribution in [1.82, 2.24) is 9.78 Å². The van der Waals surface area contributed by atoms with Gasteiger partial charge in [0.15, 0.2) is 0 Å². The Hall–Kier alpha value is -1.34. The summed E-state index contributed by atoms with van der Waals surface area (Å²) in [6.07, 6.45) is 6.56. The summed E-state index contributed by atoms with van der Waals surface area (Å²) in [6, 6.07) is 2.67. The molecule has 2 rings (SSSR count). The van der Waals surface area contributed by atoms with Crippen molar-refractivity contribution in [3.8, 4) is 6.07 Å². The first-order chi connectivity index (χ1) is 8.98. The van der Waals surface area contributed by atoms with Crippen LogP contribution in [0.1, 0.15) is 64.2 Å². The highest BCUT2D eigenvalue weighted by Crippen LogP contribution is 2.47. The van der Waals surface area contributed by atoms with Gasteiger partial charge in [0.05, 0.1) is 17.7 Å². The van der Waals surface area contributed by atoms with E-state index in [9.17, 15) is 10.4 Å². The summed E-state index contributed by atoms with van der Waals surface area (Å²) < 4.78 is 1.83. The molecule has 1 aliphatic carbocycles. The molecule has 0 aliphatic heterocycles. The van der Waals surface area contributed by atoms with Crippen molar-refractivity contribution in [2.24, 2.45) is 11.3 Å². The summed E-state index contributed by atoms with van der Waals surface area (Å²) in [6.45, 7) is 6.26. The van der Waals surface area contributed by atoms with Gasteiger partial charge in [-0.2, -0.15) is 10.4 Å². The van der Waals surface area contributed by atoms with Crippen LogP contribution in [-0.2, 0) is 0 Å². The third kappa shape index (κ3) is 2.66. The van der Waals surface area contributed by atoms with Gasteiger partial charge in [-0.15, -0.1) is 0 Å². The Morgan fingerprint density at radius 3 is 2.84 bits per heavy atom. The number of aliphatic hydroxyl groups is 1. The molecule has 4 heteroatoms. The van der Waals surface area contributed by atoms with E-state index in [2.05, 4.69) is 18.1 Å². The summed E-state index contributed by atoms with van der Waals surface area (Å²) in [5.41, 5.74) is 0.132. The highest BCUT2D eigenvalue weighted by molar-refractivity contribution is 5.18. The Morgan fingerprint density at radius 2 is 2.32 bits per heavy atom. The van der Waals surface area contributed by atoms with Gasteiger partial charge in [-0.1, -0.05) is 19.8 Å². The van der Waals surface area contributed by atoms with Gasteiger partial charge < -0.3 is 5.11 Å². The van der Waals surface area contributed by atoms with Crippen LogP contribution in [0, 0.1) is 22.7 Å². The van der Waals surface area contributed by atoms with Crippen LogP contribution in [0.2, 0.25) is 0 Å². The van der Waals surface area contributed by atoms with Crippen molar-refractivity contribution in [1.29, 1.82) is 5.26 Å². The first-order valence-corrected chi connectivity index (χ1v) is 7.12. The van der Waals surface area contributed by atoms with Crippen LogP contribution in [0.15, 0.2) is 12.4 Å². The minimum atomic E-state index is -0.729. The predicted molar refractivity (Wildman–Crippen MR) is 73.2 cm³/mol. The molecule has 1 fully saturated rings. The van der Waals surface area contributed by atoms with Crippen LogP contribution in [0.25, 0.3) is 0 Å². The smallest absolute Gasteiger partial charge is 0.101 e. The van der Waals surface area contributed by atoms with Gasteiger partial charge in [0.1, 0.15) is 6.10 Å². The van der Waals surface area contributed by atoms with E-state index in [0.29, 0.717) is 5.92 Å². The average molecular weight is 261 g/mol. The molecule has 0 amide bonds. The Bertz CT molecular complexity index is 474. The lowest BCUT2D eigenvalue weighted by Gasteiger charge is -2.37. The standard InChI is InChI=1S/C15H23N3O/c1-11(2)18-9-13(8-17-18)14(19)15(10-16)6-4-5-12(3)7-15/h8-9,11-12,14,19H,4-7H2,1-3H3. The fourth-order valence-corrected chi connectivity index (χ4v) is 3.10. The number of nitriles is 1. The normalized spacial score (nSPS) is 29.2. The third-order valence-corrected chi connectivity index (χ3v) is 4.24. The topological polar surface area (TPSA) is 61.8 Å². The quantitative estimate of drug-likeness (QED) is 0.908. The van der Waals surface area contributed by atoms with Crippen LogP contribution in [0.5, 0.6) is 0 Å². The summed E-state index contributed by atoms with van der Waals surface area (Å²) in [5, 5.41) is 24.5. The summed E-state index contributed by atoms with van der Waals surface area (Å²) in [4.78, 5) is 0. The van der Waals surface area contributed by atoms with E-state index in [4.69, 9.17) is 0 Å². The third-order valence-electron chi connectivity index (χ3n) is 4.24. The van der Waals surface area contributed by atoms with E-state index < -0.39 is 11.5 Å². The van der Waals surface area contributed by atoms with Gasteiger partial charge in [-0.05, 0) is 32.6 Å². The van der Waals surface area contributed by atoms with Gasteiger partial charge in [0.25, 0.3) is 0 Å². The molecule has 1 heterocycles. The first-order valence-electron chi connectivity index (χ1n) is 7.12. The van der Waals surface area contributed by atoms with Crippen LogP contribution in [-0.4, -0.2) is 14.9 Å². The zero-order chi connectivity index (χ0) is 14.0. The molecule has 1 aliphatic rings. The largest absolute Gasteiger partial charge is 0.387 e. The van der Waals surface area contributed by atoms with Gasteiger partial charge in [0.2, 0.25) is 0 Å². The van der Waals surface area contributed by atoms with E-state index in [-0.39, 0.29) is 6.04 Å². The Morgan fingerprint density at radius 1 is 1.58 bits per heavy atom. The summed E-state index contributed by atoms with van der Waals surface area (Å²) in [5.74, 6) is 0.503. The van der Waals surface area contributed by atoms with Gasteiger partial charge in [-0.3, -0.25) is 4.68 Å². The number of nitrogens with zero attached hydrogens (tertiary/aromatic N) is 3. The molecule has 104 valence electrons. The van der Waals surface area contributed by atoms with E-state index in [0.717, 1.165) is 31.2 Å². The van der Waals surface area contributed by atoms with Crippen molar-refractivity contribution in [3.05, 3.63) is 18.0 Å². The number of aromatic nitrogens is 2. The maximum atomic E-state index is 10.6. The molecular formula is C15H23N3O. The lowest BCUT2D eigenvalue weighted by atomic mass is 9.66. The molecule has 4 nitrogen and oxygen atoms in total. The summed E-state index contributed by atoms with van der Waals surface area (Å²) in [7, 11) is 0. The minimum Gasteiger partial charge on any atom is -0.387 e. The highest BCUT2D eigenvalue weighted by Gasteiger charge is 2.42. The van der Waals surface area contributed by atoms with Crippen molar-refractivity contribution < 1.29 is 5.11 Å². The molecule has 3 atom stereocenters. The predicted octanol–water partition coefficient (Wildman–Crippen LogP) is 3.22. The van der Waals surface area contributed by atoms with Gasteiger partial charge in [-0.25, -0.2) is 0 Å². The van der Waals surface area contributed by atoms with Crippen molar-refractivity contribution in [2.45, 2.75) is 58.6 Å². The van der Waals surface area contributed by atoms with E-state index in [1.807, 2.05) is 24.7 Å². The maximum Gasteiger partial charge on any atom is 0.101 e. The molecule has 1 aromatic heterocycles. The van der Waals surface area contributed by atoms with E-state index >= 15 is 0 Å². The zero-order valence-electron chi connectivity index (χ0n) is 12.0. The molecule has 0 radical (unpaired) electrons. The number of hydrogen-bond acceptors (Lipinski definition) is 3. The molecule has 19 heavy (non-hydrogen) atoms. The minimum absolute atomic E-state index is 0.268. The number of aliphatic hydroxyl groups excluding tert-OH is 1. The zero-order valence-corrected chi connectivity index (χ0v) is 12.0. The van der Waals surface area contributed by atoms with Gasteiger partial charge in [0, 0.05) is 17.8 Å². The molecule has 1 saturated carbocycles. The highest BCUT2D eigenvalue weighted by atomic mass is 16.3. The molecule has 0 spiro atoms. The molecular weight excluding hydrogens is 238 g/mol. The monoisotopic (exact) mass is 261 g/mol. The van der Waals surface area contributed by atoms with Crippen LogP contribution in [0.4, 0.5) is 0 Å². The van der Waals surface area contributed by atoms with Crippen molar-refractivity contribution >= 4 is 0 Å². The molecule has 0 aromatic carbocycles. The molecule has 1 aromatic rings. The SMILES string of the molecule is CC1CCCC(C#N)(C(O)c2cnn(C(C)C)c2)C1. The van der Waals surface area contributed by atoms with E-state index in [1.165, 1.54) is 0 Å². The average Bonchev–Trinajstić information content (AvgIpc) is 2.87. The molecule has 1 N–H and O–H groups in total. The van der Waals surface area contributed by atoms with Crippen molar-refractivity contribution in [3.63, 3.8) is 0 Å². The molecule has 3 unspecified atom stereocenters. The van der Waals surface area contributed by atoms with Crippen molar-refractivity contribution in [2.75, 3.05) is 0 Å². The fraction of sp³-hybridized carbons (Fsp3) is 0.733. The Balaban J connectivity index is 2.25. The summed E-state index contributed by atoms with van der Waals surface area (Å²) >= 11 is 0.